The van der Waals surface area contributed by atoms with Gasteiger partial charge in [-0.1, -0.05) is 18.2 Å². The van der Waals surface area contributed by atoms with Gasteiger partial charge in [0.05, 0.1) is 0 Å². The second-order valence-electron chi connectivity index (χ2n) is 2.74. The van der Waals surface area contributed by atoms with Gasteiger partial charge < -0.3 is 10.4 Å². The van der Waals surface area contributed by atoms with Crippen molar-refractivity contribution in [2.75, 3.05) is 5.32 Å². The summed E-state index contributed by atoms with van der Waals surface area (Å²) < 4.78 is 0. The summed E-state index contributed by atoms with van der Waals surface area (Å²) in [5.74, 6) is -0.869. The van der Waals surface area contributed by atoms with Crippen molar-refractivity contribution in [3.05, 3.63) is 35.9 Å². The van der Waals surface area contributed by atoms with E-state index in [1.807, 2.05) is 24.3 Å². The Balaban J connectivity index is 2.27. The normalized spacial score (nSPS) is 15.3. The number of aliphatic carboxylic acids is 1. The van der Waals surface area contributed by atoms with Crippen molar-refractivity contribution in [1.29, 1.82) is 0 Å². The average Bonchev–Trinajstić information content (AvgIpc) is 2.46. The molecule has 3 heteroatoms. The number of carboxylic acid groups (broad SMARTS) is 1. The highest BCUT2D eigenvalue weighted by atomic mass is 16.4. The van der Waals surface area contributed by atoms with Crippen molar-refractivity contribution in [3.63, 3.8) is 0 Å². The van der Waals surface area contributed by atoms with Gasteiger partial charge in [-0.2, -0.15) is 0 Å². The molecule has 1 aromatic rings. The molecular formula is C9H8NO2. The lowest BCUT2D eigenvalue weighted by molar-refractivity contribution is -0.134. The highest BCUT2D eigenvalue weighted by molar-refractivity contribution is 5.89. The molecule has 0 bridgehead atoms. The van der Waals surface area contributed by atoms with E-state index in [0.29, 0.717) is 12.5 Å². The third-order valence-electron chi connectivity index (χ3n) is 1.93. The van der Waals surface area contributed by atoms with Gasteiger partial charge in [-0.15, -0.1) is 0 Å². The maximum absolute atomic E-state index is 10.6. The molecule has 0 atom stereocenters. The predicted molar refractivity (Wildman–Crippen MR) is 44.6 cm³/mol. The van der Waals surface area contributed by atoms with Crippen LogP contribution in [0.15, 0.2) is 24.3 Å². The van der Waals surface area contributed by atoms with Gasteiger partial charge in [-0.05, 0) is 11.6 Å². The number of nitrogens with one attached hydrogen (secondary N) is 1. The van der Waals surface area contributed by atoms with Gasteiger partial charge in [0.15, 0.2) is 6.04 Å². The summed E-state index contributed by atoms with van der Waals surface area (Å²) in [5, 5.41) is 11.5. The van der Waals surface area contributed by atoms with Crippen LogP contribution >= 0.6 is 0 Å². The Morgan fingerprint density at radius 3 is 2.83 bits per heavy atom. The van der Waals surface area contributed by atoms with Gasteiger partial charge in [-0.25, -0.2) is 4.79 Å². The van der Waals surface area contributed by atoms with E-state index in [-0.39, 0.29) is 0 Å². The minimum atomic E-state index is -0.869. The van der Waals surface area contributed by atoms with E-state index in [0.717, 1.165) is 11.3 Å². The number of benzene rings is 1. The maximum Gasteiger partial charge on any atom is 0.332 e. The molecule has 1 aromatic carbocycles. The van der Waals surface area contributed by atoms with Crippen LogP contribution in [0.4, 0.5) is 5.69 Å². The number of hydrogen-bond donors (Lipinski definition) is 2. The van der Waals surface area contributed by atoms with Crippen LogP contribution in [0.5, 0.6) is 0 Å². The molecule has 0 aromatic heterocycles. The number of fused-ring (bicyclic) bond motifs is 1. The first-order valence-corrected chi connectivity index (χ1v) is 3.71. The van der Waals surface area contributed by atoms with E-state index in [2.05, 4.69) is 5.32 Å². The molecule has 0 spiro atoms. The van der Waals surface area contributed by atoms with E-state index in [1.54, 1.807) is 0 Å². The lowest BCUT2D eigenvalue weighted by atomic mass is 10.1. The summed E-state index contributed by atoms with van der Waals surface area (Å²) >= 11 is 0. The predicted octanol–water partition coefficient (Wildman–Crippen LogP) is 1.27. The molecule has 61 valence electrons. The first-order chi connectivity index (χ1) is 5.77. The first kappa shape index (κ1) is 7.16. The first-order valence-electron chi connectivity index (χ1n) is 3.71. The number of carboxylic acids is 1. The van der Waals surface area contributed by atoms with E-state index in [4.69, 9.17) is 5.11 Å². The molecule has 0 saturated carbocycles. The third-order valence-corrected chi connectivity index (χ3v) is 1.93. The molecule has 2 N–H and O–H groups in total. The smallest absolute Gasteiger partial charge is 0.332 e. The van der Waals surface area contributed by atoms with Crippen molar-refractivity contribution in [1.82, 2.24) is 0 Å². The topological polar surface area (TPSA) is 49.3 Å². The molecule has 0 unspecified atom stereocenters. The second-order valence-corrected chi connectivity index (χ2v) is 2.74. The lowest BCUT2D eigenvalue weighted by Crippen LogP contribution is -2.16. The Kier molecular flexibility index (Phi) is 1.50. The largest absolute Gasteiger partial charge is 0.479 e. The van der Waals surface area contributed by atoms with Crippen LogP contribution in [-0.2, 0) is 11.2 Å². The van der Waals surface area contributed by atoms with E-state index in [1.165, 1.54) is 0 Å². The number of anilines is 1. The molecule has 0 amide bonds. The summed E-state index contributed by atoms with van der Waals surface area (Å²) in [5.41, 5.74) is 1.96. The molecule has 1 aliphatic rings. The third kappa shape index (κ3) is 1.03. The zero-order valence-electron chi connectivity index (χ0n) is 6.37. The Labute approximate surface area is 70.0 Å². The lowest BCUT2D eigenvalue weighted by Gasteiger charge is -2.01. The van der Waals surface area contributed by atoms with Crippen molar-refractivity contribution >= 4 is 11.7 Å². The monoisotopic (exact) mass is 162 g/mol. The van der Waals surface area contributed by atoms with Crippen LogP contribution in [0, 0.1) is 6.04 Å². The highest BCUT2D eigenvalue weighted by Gasteiger charge is 2.26. The van der Waals surface area contributed by atoms with Crippen LogP contribution in [0.2, 0.25) is 0 Å². The second kappa shape index (κ2) is 2.52. The minimum absolute atomic E-state index is 0.358. The molecule has 3 nitrogen and oxygen atoms in total. The van der Waals surface area contributed by atoms with Gasteiger partial charge in [-0.3, -0.25) is 0 Å². The van der Waals surface area contributed by atoms with Gasteiger partial charge in [0.25, 0.3) is 0 Å². The summed E-state index contributed by atoms with van der Waals surface area (Å²) in [4.78, 5) is 10.6. The number of para-hydroxylation sites is 1. The SMILES string of the molecule is O=C(O)[C]1Cc2ccccc2N1. The van der Waals surface area contributed by atoms with Gasteiger partial charge in [0.1, 0.15) is 0 Å². The van der Waals surface area contributed by atoms with Crippen LogP contribution in [0.3, 0.4) is 0 Å². The highest BCUT2D eigenvalue weighted by Crippen LogP contribution is 2.28. The zero-order chi connectivity index (χ0) is 8.55. The van der Waals surface area contributed by atoms with Gasteiger partial charge in [0, 0.05) is 12.1 Å². The fraction of sp³-hybridized carbons (Fsp3) is 0.111. The Bertz CT molecular complexity index is 297. The maximum atomic E-state index is 10.6. The fourth-order valence-electron chi connectivity index (χ4n) is 1.32. The van der Waals surface area contributed by atoms with Crippen LogP contribution < -0.4 is 5.32 Å². The molecule has 12 heavy (non-hydrogen) atoms. The van der Waals surface area contributed by atoms with E-state index >= 15 is 0 Å². The summed E-state index contributed by atoms with van der Waals surface area (Å²) in [6.45, 7) is 0. The molecule has 0 saturated heterocycles. The molecule has 2 rings (SSSR count). The molecule has 0 fully saturated rings. The fourth-order valence-corrected chi connectivity index (χ4v) is 1.32. The summed E-state index contributed by atoms with van der Waals surface area (Å²) in [6, 6.07) is 7.96. The Morgan fingerprint density at radius 2 is 2.17 bits per heavy atom. The Morgan fingerprint density at radius 1 is 1.42 bits per heavy atom. The van der Waals surface area contributed by atoms with Crippen LogP contribution in [0.1, 0.15) is 5.56 Å². The molecule has 1 heterocycles. The Hall–Kier alpha value is -1.51. The zero-order valence-corrected chi connectivity index (χ0v) is 6.37. The summed E-state index contributed by atoms with van der Waals surface area (Å²) in [7, 11) is 0. The molecule has 0 aliphatic carbocycles. The minimum Gasteiger partial charge on any atom is -0.479 e. The van der Waals surface area contributed by atoms with Crippen molar-refractivity contribution < 1.29 is 9.90 Å². The van der Waals surface area contributed by atoms with Crippen LogP contribution in [-0.4, -0.2) is 11.1 Å². The van der Waals surface area contributed by atoms with Crippen molar-refractivity contribution in [2.45, 2.75) is 6.42 Å². The molecule has 1 aliphatic heterocycles. The van der Waals surface area contributed by atoms with E-state index in [9.17, 15) is 4.79 Å². The van der Waals surface area contributed by atoms with Gasteiger partial charge >= 0.3 is 5.97 Å². The molecular weight excluding hydrogens is 154 g/mol. The number of carbonyl (C=O) groups is 1. The summed E-state index contributed by atoms with van der Waals surface area (Å²) in [6.07, 6.45) is 0.505. The average molecular weight is 162 g/mol. The van der Waals surface area contributed by atoms with Gasteiger partial charge in [0.2, 0.25) is 0 Å². The standard InChI is InChI=1S/C9H8NO2/c11-9(12)8-5-6-3-1-2-4-7(6)10-8/h1-4,10H,5H2,(H,11,12). The van der Waals surface area contributed by atoms with Crippen molar-refractivity contribution in [2.24, 2.45) is 0 Å². The number of hydrogen-bond acceptors (Lipinski definition) is 2. The van der Waals surface area contributed by atoms with Crippen molar-refractivity contribution in [3.8, 4) is 0 Å². The number of rotatable bonds is 1. The van der Waals surface area contributed by atoms with Crippen LogP contribution in [0.25, 0.3) is 0 Å². The quantitative estimate of drug-likeness (QED) is 0.653. The molecule has 1 radical (unpaired) electrons. The van der Waals surface area contributed by atoms with E-state index < -0.39 is 5.97 Å².